The Morgan fingerprint density at radius 1 is 1.06 bits per heavy atom. The highest BCUT2D eigenvalue weighted by molar-refractivity contribution is 5.76. The highest BCUT2D eigenvalue weighted by Gasteiger charge is 2.20. The van der Waals surface area contributed by atoms with Gasteiger partial charge in [-0.05, 0) is 56.5 Å². The Kier molecular flexibility index (Phi) is 5.48. The summed E-state index contributed by atoms with van der Waals surface area (Å²) in [5.74, 6) is 2.52. The molecular weight excluding hydrogens is 224 g/mol. The monoisotopic (exact) mass is 252 g/mol. The van der Waals surface area contributed by atoms with Gasteiger partial charge in [0.2, 0.25) is 5.91 Å². The Bertz CT molecular complexity index is 253. The third-order valence-corrected chi connectivity index (χ3v) is 4.66. The van der Waals surface area contributed by atoms with Gasteiger partial charge >= 0.3 is 0 Å². The first kappa shape index (κ1) is 13.9. The lowest BCUT2D eigenvalue weighted by Gasteiger charge is -2.27. The van der Waals surface area contributed by atoms with Crippen LogP contribution in [0.25, 0.3) is 0 Å². The first-order valence-electron chi connectivity index (χ1n) is 7.71. The molecule has 1 saturated carbocycles. The van der Waals surface area contributed by atoms with E-state index in [0.717, 1.165) is 50.7 Å². The van der Waals surface area contributed by atoms with Gasteiger partial charge in [-0.3, -0.25) is 4.79 Å². The molecule has 18 heavy (non-hydrogen) atoms. The highest BCUT2D eigenvalue weighted by Crippen LogP contribution is 2.27. The van der Waals surface area contributed by atoms with Crippen molar-refractivity contribution < 1.29 is 4.79 Å². The normalized spacial score (nSPS) is 30.1. The molecule has 0 spiro atoms. The zero-order valence-corrected chi connectivity index (χ0v) is 11.7. The van der Waals surface area contributed by atoms with Crippen molar-refractivity contribution in [2.75, 3.05) is 19.6 Å². The number of piperidine rings is 1. The summed E-state index contributed by atoms with van der Waals surface area (Å²) >= 11 is 0. The molecule has 0 atom stereocenters. The summed E-state index contributed by atoms with van der Waals surface area (Å²) < 4.78 is 0. The van der Waals surface area contributed by atoms with Crippen LogP contribution in [0.2, 0.25) is 0 Å². The van der Waals surface area contributed by atoms with Crippen LogP contribution in [0.5, 0.6) is 0 Å². The van der Waals surface area contributed by atoms with Gasteiger partial charge in [-0.25, -0.2) is 0 Å². The largest absolute Gasteiger partial charge is 0.356 e. The van der Waals surface area contributed by atoms with E-state index in [1.807, 2.05) is 0 Å². The van der Waals surface area contributed by atoms with E-state index in [4.69, 9.17) is 0 Å². The summed E-state index contributed by atoms with van der Waals surface area (Å²) in [5.41, 5.74) is 0. The summed E-state index contributed by atoms with van der Waals surface area (Å²) in [7, 11) is 0. The van der Waals surface area contributed by atoms with E-state index in [2.05, 4.69) is 17.6 Å². The maximum absolute atomic E-state index is 11.9. The van der Waals surface area contributed by atoms with Crippen LogP contribution in [0, 0.1) is 17.8 Å². The number of rotatable bonds is 4. The fraction of sp³-hybridized carbons (Fsp3) is 0.933. The molecule has 1 heterocycles. The second-order valence-corrected chi connectivity index (χ2v) is 6.33. The minimum atomic E-state index is 0.278. The molecule has 1 amide bonds. The standard InChI is InChI=1S/C15H28N2O/c1-12-2-4-14(5-3-12)11-17-15(18)10-13-6-8-16-9-7-13/h12-14,16H,2-11H2,1H3,(H,17,18). The molecule has 3 heteroatoms. The molecule has 0 unspecified atom stereocenters. The molecule has 3 nitrogen and oxygen atoms in total. The summed E-state index contributed by atoms with van der Waals surface area (Å²) in [5, 5.41) is 6.50. The van der Waals surface area contributed by atoms with Gasteiger partial charge in [-0.2, -0.15) is 0 Å². The van der Waals surface area contributed by atoms with Crippen LogP contribution in [0.4, 0.5) is 0 Å². The minimum Gasteiger partial charge on any atom is -0.356 e. The van der Waals surface area contributed by atoms with Crippen molar-refractivity contribution in [3.63, 3.8) is 0 Å². The van der Waals surface area contributed by atoms with Crippen molar-refractivity contribution in [1.29, 1.82) is 0 Å². The molecule has 0 bridgehead atoms. The van der Waals surface area contributed by atoms with Gasteiger partial charge in [-0.1, -0.05) is 19.8 Å². The SMILES string of the molecule is CC1CCC(CNC(=O)CC2CCNCC2)CC1. The van der Waals surface area contributed by atoms with E-state index < -0.39 is 0 Å². The average Bonchev–Trinajstić information content (AvgIpc) is 2.39. The second-order valence-electron chi connectivity index (χ2n) is 6.33. The van der Waals surface area contributed by atoms with E-state index in [9.17, 15) is 4.79 Å². The molecule has 0 aromatic heterocycles. The number of hydrogen-bond donors (Lipinski definition) is 2. The third-order valence-electron chi connectivity index (χ3n) is 4.66. The Hall–Kier alpha value is -0.570. The molecule has 2 aliphatic rings. The Labute approximate surface area is 111 Å². The lowest BCUT2D eigenvalue weighted by molar-refractivity contribution is -0.122. The summed E-state index contributed by atoms with van der Waals surface area (Å²) in [6.45, 7) is 5.42. The predicted octanol–water partition coefficient (Wildman–Crippen LogP) is 2.32. The van der Waals surface area contributed by atoms with Gasteiger partial charge < -0.3 is 10.6 Å². The van der Waals surface area contributed by atoms with E-state index in [0.29, 0.717) is 5.92 Å². The van der Waals surface area contributed by atoms with Gasteiger partial charge in [0.15, 0.2) is 0 Å². The fourth-order valence-electron chi connectivity index (χ4n) is 3.21. The molecule has 104 valence electrons. The van der Waals surface area contributed by atoms with Crippen LogP contribution >= 0.6 is 0 Å². The maximum Gasteiger partial charge on any atom is 0.220 e. The fourth-order valence-corrected chi connectivity index (χ4v) is 3.21. The topological polar surface area (TPSA) is 41.1 Å². The van der Waals surface area contributed by atoms with Gasteiger partial charge in [0, 0.05) is 13.0 Å². The highest BCUT2D eigenvalue weighted by atomic mass is 16.1. The van der Waals surface area contributed by atoms with Gasteiger partial charge in [-0.15, -0.1) is 0 Å². The smallest absolute Gasteiger partial charge is 0.220 e. The van der Waals surface area contributed by atoms with E-state index >= 15 is 0 Å². The average molecular weight is 252 g/mol. The third kappa shape index (κ3) is 4.60. The van der Waals surface area contributed by atoms with Crippen molar-refractivity contribution in [2.45, 2.75) is 51.9 Å². The van der Waals surface area contributed by atoms with Crippen LogP contribution in [-0.2, 0) is 4.79 Å². The number of amides is 1. The second kappa shape index (κ2) is 7.13. The van der Waals surface area contributed by atoms with Crippen LogP contribution in [0.1, 0.15) is 51.9 Å². The van der Waals surface area contributed by atoms with Crippen molar-refractivity contribution in [2.24, 2.45) is 17.8 Å². The van der Waals surface area contributed by atoms with E-state index in [1.165, 1.54) is 25.7 Å². The van der Waals surface area contributed by atoms with Gasteiger partial charge in [0.05, 0.1) is 0 Å². The molecule has 1 saturated heterocycles. The molecule has 0 aromatic rings. The Morgan fingerprint density at radius 2 is 1.72 bits per heavy atom. The van der Waals surface area contributed by atoms with Crippen LogP contribution in [0.3, 0.4) is 0 Å². The van der Waals surface area contributed by atoms with Gasteiger partial charge in [0.25, 0.3) is 0 Å². The van der Waals surface area contributed by atoms with Crippen LogP contribution < -0.4 is 10.6 Å². The van der Waals surface area contributed by atoms with Crippen molar-refractivity contribution in [3.05, 3.63) is 0 Å². The quantitative estimate of drug-likeness (QED) is 0.806. The zero-order chi connectivity index (χ0) is 12.8. The van der Waals surface area contributed by atoms with Crippen LogP contribution in [0.15, 0.2) is 0 Å². The maximum atomic E-state index is 11.9. The molecule has 0 radical (unpaired) electrons. The van der Waals surface area contributed by atoms with Gasteiger partial charge in [0.1, 0.15) is 0 Å². The molecule has 1 aliphatic carbocycles. The number of carbonyl (C=O) groups is 1. The molecule has 2 rings (SSSR count). The van der Waals surface area contributed by atoms with Crippen molar-refractivity contribution in [1.82, 2.24) is 10.6 Å². The van der Waals surface area contributed by atoms with Crippen molar-refractivity contribution in [3.8, 4) is 0 Å². The number of nitrogens with one attached hydrogen (secondary N) is 2. The van der Waals surface area contributed by atoms with Crippen molar-refractivity contribution >= 4 is 5.91 Å². The number of hydrogen-bond acceptors (Lipinski definition) is 2. The summed E-state index contributed by atoms with van der Waals surface area (Å²) in [4.78, 5) is 11.9. The van der Waals surface area contributed by atoms with Crippen LogP contribution in [-0.4, -0.2) is 25.5 Å². The summed E-state index contributed by atoms with van der Waals surface area (Å²) in [6.07, 6.45) is 8.35. The minimum absolute atomic E-state index is 0.278. The molecule has 0 aromatic carbocycles. The first-order chi connectivity index (χ1) is 8.74. The Balaban J connectivity index is 1.59. The van der Waals surface area contributed by atoms with E-state index in [-0.39, 0.29) is 5.91 Å². The first-order valence-corrected chi connectivity index (χ1v) is 7.71. The molecule has 2 fully saturated rings. The molecular formula is C15H28N2O. The van der Waals surface area contributed by atoms with E-state index in [1.54, 1.807) is 0 Å². The lowest BCUT2D eigenvalue weighted by atomic mass is 9.83. The zero-order valence-electron chi connectivity index (χ0n) is 11.7. The lowest BCUT2D eigenvalue weighted by Crippen LogP contribution is -2.34. The predicted molar refractivity (Wildman–Crippen MR) is 74.3 cm³/mol. The number of carbonyl (C=O) groups excluding carboxylic acids is 1. The summed E-state index contributed by atoms with van der Waals surface area (Å²) in [6, 6.07) is 0. The molecule has 2 N–H and O–H groups in total. The Morgan fingerprint density at radius 3 is 2.39 bits per heavy atom. The molecule has 1 aliphatic heterocycles.